The lowest BCUT2D eigenvalue weighted by Crippen LogP contribution is -2.26. The van der Waals surface area contributed by atoms with E-state index in [-0.39, 0.29) is 0 Å². The van der Waals surface area contributed by atoms with Crippen LogP contribution in [0.25, 0.3) is 0 Å². The monoisotopic (exact) mass is 354 g/mol. The lowest BCUT2D eigenvalue weighted by molar-refractivity contribution is 0.580. The van der Waals surface area contributed by atoms with Gasteiger partial charge in [-0.05, 0) is 36.8 Å². The van der Waals surface area contributed by atoms with E-state index >= 15 is 0 Å². The van der Waals surface area contributed by atoms with Crippen molar-refractivity contribution in [3.63, 3.8) is 0 Å². The molecule has 20 heavy (non-hydrogen) atoms. The van der Waals surface area contributed by atoms with Crippen molar-refractivity contribution >= 4 is 26.0 Å². The van der Waals surface area contributed by atoms with Crippen LogP contribution in [-0.4, -0.2) is 19.9 Å². The van der Waals surface area contributed by atoms with Crippen molar-refractivity contribution in [1.29, 1.82) is 0 Å². The Morgan fingerprint density at radius 3 is 2.75 bits per heavy atom. The highest BCUT2D eigenvalue weighted by molar-refractivity contribution is 9.10. The Balaban J connectivity index is 2.06. The third kappa shape index (κ3) is 3.88. The number of pyridine rings is 1. The summed E-state index contributed by atoms with van der Waals surface area (Å²) in [5.41, 5.74) is 1.58. The van der Waals surface area contributed by atoms with Gasteiger partial charge in [-0.2, -0.15) is 0 Å². The van der Waals surface area contributed by atoms with Gasteiger partial charge in [-0.3, -0.25) is 4.98 Å². The van der Waals surface area contributed by atoms with E-state index < -0.39 is 10.0 Å². The topological polar surface area (TPSA) is 59.1 Å². The quantitative estimate of drug-likeness (QED) is 0.897. The Bertz CT molecular complexity index is 688. The zero-order chi connectivity index (χ0) is 14.6. The van der Waals surface area contributed by atoms with E-state index in [1.54, 1.807) is 25.3 Å². The van der Waals surface area contributed by atoms with Gasteiger partial charge in [0.25, 0.3) is 0 Å². The van der Waals surface area contributed by atoms with E-state index in [1.807, 2.05) is 24.3 Å². The largest absolute Gasteiger partial charge is 0.261 e. The van der Waals surface area contributed by atoms with Crippen LogP contribution in [0.15, 0.2) is 52.0 Å². The Hall–Kier alpha value is -1.24. The molecule has 2 aromatic rings. The van der Waals surface area contributed by atoms with Crippen LogP contribution in [0, 0.1) is 6.92 Å². The van der Waals surface area contributed by atoms with Crippen LogP contribution in [0.4, 0.5) is 0 Å². The van der Waals surface area contributed by atoms with Crippen LogP contribution in [0.2, 0.25) is 0 Å². The lowest BCUT2D eigenvalue weighted by atomic mass is 10.2. The molecule has 106 valence electrons. The molecule has 0 unspecified atom stereocenters. The molecule has 0 atom stereocenters. The van der Waals surface area contributed by atoms with Gasteiger partial charge < -0.3 is 0 Å². The van der Waals surface area contributed by atoms with Crippen LogP contribution < -0.4 is 4.72 Å². The maximum absolute atomic E-state index is 12.2. The predicted molar refractivity (Wildman–Crippen MR) is 82.0 cm³/mol. The number of halogens is 1. The zero-order valence-corrected chi connectivity index (χ0v) is 13.4. The first-order valence-corrected chi connectivity index (χ1v) is 8.42. The van der Waals surface area contributed by atoms with Gasteiger partial charge in [-0.15, -0.1) is 0 Å². The molecular formula is C14H15BrN2O2S. The number of nitrogens with one attached hydrogen (secondary N) is 1. The highest BCUT2D eigenvalue weighted by Gasteiger charge is 2.16. The molecule has 0 saturated heterocycles. The number of hydrogen-bond donors (Lipinski definition) is 1. The van der Waals surface area contributed by atoms with E-state index in [1.165, 1.54) is 0 Å². The van der Waals surface area contributed by atoms with Gasteiger partial charge in [0.1, 0.15) is 0 Å². The molecule has 0 amide bonds. The fourth-order valence-electron chi connectivity index (χ4n) is 1.80. The van der Waals surface area contributed by atoms with E-state index in [0.717, 1.165) is 15.7 Å². The van der Waals surface area contributed by atoms with Gasteiger partial charge >= 0.3 is 0 Å². The Kier molecular flexibility index (Phi) is 4.91. The second kappa shape index (κ2) is 6.47. The van der Waals surface area contributed by atoms with Crippen molar-refractivity contribution in [1.82, 2.24) is 9.71 Å². The minimum Gasteiger partial charge on any atom is -0.261 e. The third-order valence-corrected chi connectivity index (χ3v) is 4.94. The molecular weight excluding hydrogens is 340 g/mol. The molecule has 1 aromatic heterocycles. The summed E-state index contributed by atoms with van der Waals surface area (Å²) in [6.45, 7) is 2.10. The molecule has 0 fully saturated rings. The summed E-state index contributed by atoms with van der Waals surface area (Å²) < 4.78 is 27.8. The van der Waals surface area contributed by atoms with Gasteiger partial charge in [-0.25, -0.2) is 13.1 Å². The molecule has 0 aliphatic heterocycles. The molecule has 6 heteroatoms. The van der Waals surface area contributed by atoms with Crippen molar-refractivity contribution in [2.45, 2.75) is 18.2 Å². The first-order chi connectivity index (χ1) is 9.49. The van der Waals surface area contributed by atoms with Crippen LogP contribution in [0.3, 0.4) is 0 Å². The van der Waals surface area contributed by atoms with Gasteiger partial charge in [0, 0.05) is 29.3 Å². The number of sulfonamides is 1. The molecule has 1 aromatic carbocycles. The maximum atomic E-state index is 12.2. The number of hydrogen-bond acceptors (Lipinski definition) is 3. The lowest BCUT2D eigenvalue weighted by Gasteiger charge is -2.09. The van der Waals surface area contributed by atoms with Crippen molar-refractivity contribution in [3.8, 4) is 0 Å². The first kappa shape index (κ1) is 15.2. The van der Waals surface area contributed by atoms with E-state index in [0.29, 0.717) is 17.9 Å². The highest BCUT2D eigenvalue weighted by Crippen LogP contribution is 2.20. The summed E-state index contributed by atoms with van der Waals surface area (Å²) >= 11 is 3.29. The summed E-state index contributed by atoms with van der Waals surface area (Å²) in [5.74, 6) is 0. The average molecular weight is 355 g/mol. The zero-order valence-electron chi connectivity index (χ0n) is 11.0. The minimum absolute atomic E-state index is 0.299. The fourth-order valence-corrected chi connectivity index (χ4v) is 3.61. The minimum atomic E-state index is -3.49. The fraction of sp³-hybridized carbons (Fsp3) is 0.214. The molecule has 4 nitrogen and oxygen atoms in total. The molecule has 0 aliphatic carbocycles. The molecule has 0 bridgehead atoms. The summed E-state index contributed by atoms with van der Waals surface area (Å²) in [5, 5.41) is 0. The van der Waals surface area contributed by atoms with E-state index in [9.17, 15) is 8.42 Å². The van der Waals surface area contributed by atoms with Gasteiger partial charge in [0.15, 0.2) is 0 Å². The molecule has 1 N–H and O–H groups in total. The average Bonchev–Trinajstić information content (AvgIpc) is 2.42. The second-order valence-electron chi connectivity index (χ2n) is 4.38. The van der Waals surface area contributed by atoms with Crippen LogP contribution in [-0.2, 0) is 16.4 Å². The van der Waals surface area contributed by atoms with Crippen LogP contribution in [0.5, 0.6) is 0 Å². The normalized spacial score (nSPS) is 11.5. The molecule has 0 radical (unpaired) electrons. The summed E-state index contributed by atoms with van der Waals surface area (Å²) in [4.78, 5) is 4.46. The molecule has 2 rings (SSSR count). The second-order valence-corrected chi connectivity index (χ2v) is 7.03. The highest BCUT2D eigenvalue weighted by atomic mass is 79.9. The van der Waals surface area contributed by atoms with Crippen molar-refractivity contribution in [2.75, 3.05) is 6.54 Å². The molecule has 1 heterocycles. The first-order valence-electron chi connectivity index (χ1n) is 6.15. The SMILES string of the molecule is Cc1ccc(Br)cc1S(=O)(=O)NCCc1ccccn1. The van der Waals surface area contributed by atoms with Crippen molar-refractivity contribution in [3.05, 3.63) is 58.3 Å². The smallest absolute Gasteiger partial charge is 0.240 e. The molecule has 0 spiro atoms. The molecule has 0 aliphatic rings. The maximum Gasteiger partial charge on any atom is 0.240 e. The Morgan fingerprint density at radius 1 is 1.25 bits per heavy atom. The summed E-state index contributed by atoms with van der Waals surface area (Å²) in [6.07, 6.45) is 2.26. The number of aromatic nitrogens is 1. The number of benzene rings is 1. The third-order valence-electron chi connectivity index (χ3n) is 2.84. The predicted octanol–water partition coefficient (Wildman–Crippen LogP) is 2.67. The van der Waals surface area contributed by atoms with E-state index in [4.69, 9.17) is 0 Å². The van der Waals surface area contributed by atoms with Crippen molar-refractivity contribution < 1.29 is 8.42 Å². The van der Waals surface area contributed by atoms with Gasteiger partial charge in [0.05, 0.1) is 4.90 Å². The van der Waals surface area contributed by atoms with Crippen LogP contribution in [0.1, 0.15) is 11.3 Å². The number of aryl methyl sites for hydroxylation is 1. The van der Waals surface area contributed by atoms with Gasteiger partial charge in [-0.1, -0.05) is 28.1 Å². The summed E-state index contributed by atoms with van der Waals surface area (Å²) in [6, 6.07) is 10.8. The number of nitrogens with zero attached hydrogens (tertiary/aromatic N) is 1. The van der Waals surface area contributed by atoms with Crippen molar-refractivity contribution in [2.24, 2.45) is 0 Å². The Morgan fingerprint density at radius 2 is 2.05 bits per heavy atom. The van der Waals surface area contributed by atoms with Crippen LogP contribution >= 0.6 is 15.9 Å². The standard InChI is InChI=1S/C14H15BrN2O2S/c1-11-5-6-12(15)10-14(11)20(18,19)17-9-7-13-4-2-3-8-16-13/h2-6,8,10,17H,7,9H2,1H3. The van der Waals surface area contributed by atoms with Gasteiger partial charge in [0.2, 0.25) is 10.0 Å². The Labute approximate surface area is 127 Å². The molecule has 0 saturated carbocycles. The van der Waals surface area contributed by atoms with E-state index in [2.05, 4.69) is 25.6 Å². The number of rotatable bonds is 5. The summed E-state index contributed by atoms with van der Waals surface area (Å²) in [7, 11) is -3.49.